The average Bonchev–Trinajstić information content (AvgIpc) is 2.18. The van der Waals surface area contributed by atoms with Gasteiger partial charge in [-0.1, -0.05) is 315 Å². The first kappa shape index (κ1) is 90.5. The summed E-state index contributed by atoms with van der Waals surface area (Å²) in [5.74, 6) is -2.16. The SMILES string of the molecule is CCCCCC/C=C\C=C/CCCCCCCC(=O)OC[C@H](COP(=O)(O)OC[C@@H](O)COP(=O)(O)OC[C@@H](COC(=O)CCCCCCC)OC(=O)CCCCCCCCCCCCCCC)OC(=O)CCCCCCCCCCCCCCCCCCCCCC. The lowest BCUT2D eigenvalue weighted by molar-refractivity contribution is -0.161. The Morgan fingerprint density at radius 3 is 0.785 bits per heavy atom. The minimum absolute atomic E-state index is 0.102. The molecular weight excluding hydrogens is 1220 g/mol. The molecule has 0 saturated carbocycles. The van der Waals surface area contributed by atoms with Crippen molar-refractivity contribution in [2.24, 2.45) is 0 Å². The van der Waals surface area contributed by atoms with E-state index in [0.29, 0.717) is 25.7 Å². The first-order valence-corrected chi connectivity index (χ1v) is 41.1. The van der Waals surface area contributed by atoms with E-state index in [1.54, 1.807) is 0 Å². The summed E-state index contributed by atoms with van der Waals surface area (Å²) < 4.78 is 68.2. The minimum Gasteiger partial charge on any atom is -0.462 e. The molecular formula is C74H140O17P2. The van der Waals surface area contributed by atoms with E-state index in [1.165, 1.54) is 173 Å². The molecule has 0 spiro atoms. The van der Waals surface area contributed by atoms with Gasteiger partial charge in [-0.25, -0.2) is 9.13 Å². The zero-order chi connectivity index (χ0) is 68.2. The van der Waals surface area contributed by atoms with Gasteiger partial charge in [-0.3, -0.25) is 37.3 Å². The fourth-order valence-electron chi connectivity index (χ4n) is 10.9. The second-order valence-electron chi connectivity index (χ2n) is 26.0. The summed E-state index contributed by atoms with van der Waals surface area (Å²) in [6, 6.07) is 0. The van der Waals surface area contributed by atoms with E-state index in [9.17, 15) is 43.2 Å². The van der Waals surface area contributed by atoms with Crippen LogP contribution in [0.2, 0.25) is 0 Å². The van der Waals surface area contributed by atoms with Crippen LogP contribution in [0.25, 0.3) is 0 Å². The van der Waals surface area contributed by atoms with Crippen molar-refractivity contribution in [3.05, 3.63) is 24.3 Å². The Balaban J connectivity index is 5.16. The van der Waals surface area contributed by atoms with E-state index >= 15 is 0 Å². The van der Waals surface area contributed by atoms with Crippen LogP contribution in [0, 0.1) is 0 Å². The van der Waals surface area contributed by atoms with Gasteiger partial charge in [0.15, 0.2) is 12.2 Å². The molecule has 0 aliphatic heterocycles. The van der Waals surface area contributed by atoms with Crippen LogP contribution in [0.5, 0.6) is 0 Å². The molecule has 0 amide bonds. The van der Waals surface area contributed by atoms with Gasteiger partial charge in [-0.05, 0) is 51.4 Å². The van der Waals surface area contributed by atoms with Crippen molar-refractivity contribution in [2.45, 2.75) is 386 Å². The van der Waals surface area contributed by atoms with E-state index in [2.05, 4.69) is 52.0 Å². The van der Waals surface area contributed by atoms with Gasteiger partial charge in [0.25, 0.3) is 0 Å². The van der Waals surface area contributed by atoms with Gasteiger partial charge in [-0.2, -0.15) is 0 Å². The second-order valence-corrected chi connectivity index (χ2v) is 28.9. The predicted molar refractivity (Wildman–Crippen MR) is 377 cm³/mol. The molecule has 0 aromatic rings. The summed E-state index contributed by atoms with van der Waals surface area (Å²) in [6.07, 6.45) is 60.9. The highest BCUT2D eigenvalue weighted by molar-refractivity contribution is 7.47. The van der Waals surface area contributed by atoms with Crippen molar-refractivity contribution in [1.29, 1.82) is 0 Å². The number of esters is 4. The highest BCUT2D eigenvalue weighted by atomic mass is 31.2. The number of ether oxygens (including phenoxy) is 4. The maximum absolute atomic E-state index is 13.1. The van der Waals surface area contributed by atoms with Crippen LogP contribution in [0.1, 0.15) is 368 Å². The van der Waals surface area contributed by atoms with E-state index in [-0.39, 0.29) is 25.7 Å². The number of rotatable bonds is 73. The topological polar surface area (TPSA) is 237 Å². The lowest BCUT2D eigenvalue weighted by Crippen LogP contribution is -2.30. The van der Waals surface area contributed by atoms with Crippen molar-refractivity contribution in [1.82, 2.24) is 0 Å². The van der Waals surface area contributed by atoms with Crippen LogP contribution in [0.15, 0.2) is 24.3 Å². The third kappa shape index (κ3) is 67.9. The summed E-state index contributed by atoms with van der Waals surface area (Å²) in [4.78, 5) is 72.4. The minimum atomic E-state index is -4.96. The highest BCUT2D eigenvalue weighted by Gasteiger charge is 2.30. The summed E-state index contributed by atoms with van der Waals surface area (Å²) in [5.41, 5.74) is 0. The Morgan fingerprint density at radius 2 is 0.516 bits per heavy atom. The van der Waals surface area contributed by atoms with Crippen LogP contribution in [0.3, 0.4) is 0 Å². The molecule has 0 aromatic carbocycles. The Kier molecular flexibility index (Phi) is 66.3. The Hall–Kier alpha value is -2.46. The van der Waals surface area contributed by atoms with Crippen LogP contribution >= 0.6 is 15.6 Å². The number of unbranched alkanes of at least 4 members (excludes halogenated alkanes) is 44. The molecule has 2 unspecified atom stereocenters. The highest BCUT2D eigenvalue weighted by Crippen LogP contribution is 2.45. The molecule has 3 N–H and O–H groups in total. The maximum atomic E-state index is 13.1. The number of phosphoric acid groups is 2. The molecule has 0 aromatic heterocycles. The van der Waals surface area contributed by atoms with Gasteiger partial charge in [0.05, 0.1) is 26.4 Å². The quantitative estimate of drug-likeness (QED) is 0.0169. The molecule has 0 radical (unpaired) electrons. The van der Waals surface area contributed by atoms with E-state index in [0.717, 1.165) is 116 Å². The van der Waals surface area contributed by atoms with E-state index in [1.807, 2.05) is 0 Å². The lowest BCUT2D eigenvalue weighted by Gasteiger charge is -2.21. The third-order valence-electron chi connectivity index (χ3n) is 16.7. The Bertz CT molecular complexity index is 1870. The number of aliphatic hydroxyl groups excluding tert-OH is 1. The third-order valence-corrected chi connectivity index (χ3v) is 18.6. The molecule has 0 heterocycles. The van der Waals surface area contributed by atoms with Crippen LogP contribution in [0.4, 0.5) is 0 Å². The predicted octanol–water partition coefficient (Wildman–Crippen LogP) is 21.4. The first-order chi connectivity index (χ1) is 45.2. The normalized spacial score (nSPS) is 14.1. The number of aliphatic hydroxyl groups is 1. The second kappa shape index (κ2) is 68.1. The number of hydrogen-bond donors (Lipinski definition) is 3. The zero-order valence-electron chi connectivity index (χ0n) is 59.7. The zero-order valence-corrected chi connectivity index (χ0v) is 61.5. The van der Waals surface area contributed by atoms with Gasteiger partial charge in [0, 0.05) is 25.7 Å². The molecule has 0 bridgehead atoms. The number of phosphoric ester groups is 2. The fraction of sp³-hybridized carbons (Fsp3) is 0.892. The molecule has 5 atom stereocenters. The maximum Gasteiger partial charge on any atom is 0.472 e. The Labute approximate surface area is 567 Å². The summed E-state index contributed by atoms with van der Waals surface area (Å²) in [7, 11) is -9.91. The molecule has 0 saturated heterocycles. The molecule has 93 heavy (non-hydrogen) atoms. The first-order valence-electron chi connectivity index (χ1n) is 38.1. The van der Waals surface area contributed by atoms with Crippen molar-refractivity contribution in [3.8, 4) is 0 Å². The van der Waals surface area contributed by atoms with Gasteiger partial charge in [-0.15, -0.1) is 0 Å². The van der Waals surface area contributed by atoms with Crippen molar-refractivity contribution < 1.29 is 80.2 Å². The summed E-state index contributed by atoms with van der Waals surface area (Å²) >= 11 is 0. The molecule has 0 aliphatic carbocycles. The van der Waals surface area contributed by atoms with Crippen LogP contribution in [-0.2, 0) is 65.4 Å². The number of hydrogen-bond acceptors (Lipinski definition) is 15. The van der Waals surface area contributed by atoms with Crippen LogP contribution < -0.4 is 0 Å². The van der Waals surface area contributed by atoms with Gasteiger partial charge in [0.2, 0.25) is 0 Å². The smallest absolute Gasteiger partial charge is 0.462 e. The number of carbonyl (C=O) groups excluding carboxylic acids is 4. The largest absolute Gasteiger partial charge is 0.472 e. The van der Waals surface area contributed by atoms with Crippen molar-refractivity contribution in [2.75, 3.05) is 39.6 Å². The summed E-state index contributed by atoms with van der Waals surface area (Å²) in [5, 5.41) is 10.6. The van der Waals surface area contributed by atoms with E-state index < -0.39 is 97.5 Å². The monoisotopic (exact) mass is 1360 g/mol. The van der Waals surface area contributed by atoms with Gasteiger partial charge in [0.1, 0.15) is 19.3 Å². The van der Waals surface area contributed by atoms with Crippen LogP contribution in [-0.4, -0.2) is 96.7 Å². The molecule has 548 valence electrons. The molecule has 0 aliphatic rings. The van der Waals surface area contributed by atoms with Gasteiger partial charge >= 0.3 is 39.5 Å². The molecule has 17 nitrogen and oxygen atoms in total. The lowest BCUT2D eigenvalue weighted by atomic mass is 10.0. The molecule has 19 heteroatoms. The van der Waals surface area contributed by atoms with Gasteiger partial charge < -0.3 is 33.8 Å². The van der Waals surface area contributed by atoms with Crippen molar-refractivity contribution in [3.63, 3.8) is 0 Å². The van der Waals surface area contributed by atoms with E-state index in [4.69, 9.17) is 37.0 Å². The molecule has 0 rings (SSSR count). The fourth-order valence-corrected chi connectivity index (χ4v) is 12.4. The summed E-state index contributed by atoms with van der Waals surface area (Å²) in [6.45, 7) is 4.82. The number of carbonyl (C=O) groups is 4. The standard InChI is InChI=1S/C74H140O17P2/c1-5-9-13-17-20-23-26-29-31-32-33-34-35-37-40-43-46-49-53-57-61-74(79)91-70(65-85-72(77)59-55-51-47-44-41-39-36-30-27-24-21-18-14-10-6-2)67-89-93(82,83)87-63-68(75)62-86-92(80,81)88-66-69(64-84-71(76)58-54-50-16-12-8-4)90-73(78)60-56-52-48-45-42-38-28-25-22-19-15-11-7-3/h24,27,30,36,68-70,75H,5-23,25-26,28-29,31-35,37-67H2,1-4H3,(H,80,81)(H,82,83)/b27-24-,36-30-/t68-,69+,70+/m0/s1. The Morgan fingerprint density at radius 1 is 0.301 bits per heavy atom. The number of allylic oxidation sites excluding steroid dienone is 4. The molecule has 0 fully saturated rings. The van der Waals surface area contributed by atoms with Crippen molar-refractivity contribution >= 4 is 39.5 Å². The average molecular weight is 1360 g/mol.